The maximum Gasteiger partial charge on any atom is 0.325 e. The van der Waals surface area contributed by atoms with Gasteiger partial charge in [0, 0.05) is 6.42 Å². The van der Waals surface area contributed by atoms with Crippen molar-refractivity contribution in [2.24, 2.45) is 0 Å². The minimum atomic E-state index is -0.693. The number of rotatable bonds is 7. The highest BCUT2D eigenvalue weighted by atomic mass is 16.3. The SMILES string of the molecule is O=C(CCC1NC(=O)N(Cc2ccco2)C1=O)NCc1ccco1. The van der Waals surface area contributed by atoms with E-state index in [2.05, 4.69) is 10.6 Å². The van der Waals surface area contributed by atoms with E-state index < -0.39 is 12.1 Å². The summed E-state index contributed by atoms with van der Waals surface area (Å²) in [5, 5.41) is 5.29. The first-order chi connectivity index (χ1) is 11.6. The van der Waals surface area contributed by atoms with Crippen molar-refractivity contribution < 1.29 is 23.2 Å². The predicted octanol–water partition coefficient (Wildman–Crippen LogP) is 1.39. The molecule has 1 aliphatic rings. The molecule has 1 saturated heterocycles. The second-order valence-corrected chi connectivity index (χ2v) is 5.40. The Morgan fingerprint density at radius 1 is 1.17 bits per heavy atom. The molecule has 1 atom stereocenters. The average Bonchev–Trinajstić information content (AvgIpc) is 3.30. The Kier molecular flexibility index (Phi) is 4.64. The van der Waals surface area contributed by atoms with Gasteiger partial charge in [-0.3, -0.25) is 14.5 Å². The van der Waals surface area contributed by atoms with Crippen molar-refractivity contribution in [3.63, 3.8) is 0 Å². The van der Waals surface area contributed by atoms with Gasteiger partial charge in [0.05, 0.1) is 25.6 Å². The lowest BCUT2D eigenvalue weighted by Gasteiger charge is -2.11. The van der Waals surface area contributed by atoms with Crippen molar-refractivity contribution in [2.75, 3.05) is 0 Å². The van der Waals surface area contributed by atoms with Crippen molar-refractivity contribution in [1.82, 2.24) is 15.5 Å². The first-order valence-electron chi connectivity index (χ1n) is 7.57. The molecule has 8 nitrogen and oxygen atoms in total. The second-order valence-electron chi connectivity index (χ2n) is 5.40. The summed E-state index contributed by atoms with van der Waals surface area (Å²) in [7, 11) is 0. The molecule has 4 amide bonds. The van der Waals surface area contributed by atoms with E-state index in [0.717, 1.165) is 4.90 Å². The third-order valence-electron chi connectivity index (χ3n) is 3.70. The van der Waals surface area contributed by atoms with Gasteiger partial charge < -0.3 is 19.5 Å². The monoisotopic (exact) mass is 331 g/mol. The lowest BCUT2D eigenvalue weighted by atomic mass is 10.1. The fraction of sp³-hybridized carbons (Fsp3) is 0.312. The number of imide groups is 1. The number of carbonyl (C=O) groups is 3. The highest BCUT2D eigenvalue weighted by Gasteiger charge is 2.38. The summed E-state index contributed by atoms with van der Waals surface area (Å²) in [5.74, 6) is 0.613. The number of nitrogens with one attached hydrogen (secondary N) is 2. The summed E-state index contributed by atoms with van der Waals surface area (Å²) >= 11 is 0. The van der Waals surface area contributed by atoms with Gasteiger partial charge >= 0.3 is 6.03 Å². The van der Waals surface area contributed by atoms with Crippen molar-refractivity contribution in [1.29, 1.82) is 0 Å². The van der Waals surface area contributed by atoms with Crippen molar-refractivity contribution in [2.45, 2.75) is 32.0 Å². The summed E-state index contributed by atoms with van der Waals surface area (Å²) in [6, 6.07) is 5.71. The van der Waals surface area contributed by atoms with Crippen LogP contribution in [0.15, 0.2) is 45.6 Å². The van der Waals surface area contributed by atoms with Crippen molar-refractivity contribution in [3.8, 4) is 0 Å². The topological polar surface area (TPSA) is 105 Å². The Bertz CT molecular complexity index is 708. The minimum Gasteiger partial charge on any atom is -0.467 e. The molecule has 2 aromatic heterocycles. The van der Waals surface area contributed by atoms with Gasteiger partial charge in [-0.25, -0.2) is 4.79 Å². The van der Waals surface area contributed by atoms with Gasteiger partial charge in [-0.05, 0) is 30.7 Å². The lowest BCUT2D eigenvalue weighted by molar-refractivity contribution is -0.128. The molecule has 2 N–H and O–H groups in total. The maximum absolute atomic E-state index is 12.3. The molecule has 3 rings (SSSR count). The fourth-order valence-electron chi connectivity index (χ4n) is 2.44. The third kappa shape index (κ3) is 3.65. The Morgan fingerprint density at radius 3 is 2.54 bits per heavy atom. The molecule has 1 unspecified atom stereocenters. The van der Waals surface area contributed by atoms with Gasteiger partial charge in [0.15, 0.2) is 0 Å². The molecule has 3 heterocycles. The van der Waals surface area contributed by atoms with Gasteiger partial charge in [-0.15, -0.1) is 0 Å². The van der Waals surface area contributed by atoms with E-state index in [4.69, 9.17) is 8.83 Å². The van der Waals surface area contributed by atoms with Gasteiger partial charge in [-0.1, -0.05) is 0 Å². The van der Waals surface area contributed by atoms with Crippen molar-refractivity contribution >= 4 is 17.8 Å². The Hall–Kier alpha value is -3.03. The zero-order valence-electron chi connectivity index (χ0n) is 12.9. The van der Waals surface area contributed by atoms with Crippen LogP contribution in [0.2, 0.25) is 0 Å². The predicted molar refractivity (Wildman–Crippen MR) is 81.4 cm³/mol. The van der Waals surface area contributed by atoms with Crippen molar-refractivity contribution in [3.05, 3.63) is 48.3 Å². The van der Waals surface area contributed by atoms with E-state index >= 15 is 0 Å². The van der Waals surface area contributed by atoms with Gasteiger partial charge in [0.2, 0.25) is 5.91 Å². The molecule has 2 aromatic rings. The molecule has 0 aliphatic carbocycles. The largest absolute Gasteiger partial charge is 0.467 e. The standard InChI is InChI=1S/C16H17N3O5/c20-14(17-9-11-3-1-7-23-11)6-5-13-15(21)19(16(22)18-13)10-12-4-2-8-24-12/h1-4,7-8,13H,5-6,9-10H2,(H,17,20)(H,18,22). The van der Waals surface area contributed by atoms with E-state index in [9.17, 15) is 14.4 Å². The molecular weight excluding hydrogens is 314 g/mol. The molecule has 1 aliphatic heterocycles. The Morgan fingerprint density at radius 2 is 1.88 bits per heavy atom. The fourth-order valence-corrected chi connectivity index (χ4v) is 2.44. The Balaban J connectivity index is 1.46. The van der Waals surface area contributed by atoms with E-state index in [0.29, 0.717) is 18.1 Å². The van der Waals surface area contributed by atoms with Crippen LogP contribution in [-0.4, -0.2) is 28.8 Å². The van der Waals surface area contributed by atoms with Crippen LogP contribution in [0.1, 0.15) is 24.4 Å². The molecule has 126 valence electrons. The molecule has 0 radical (unpaired) electrons. The van der Waals surface area contributed by atoms with E-state index in [1.54, 1.807) is 24.3 Å². The Labute approximate surface area is 137 Å². The smallest absolute Gasteiger partial charge is 0.325 e. The van der Waals surface area contributed by atoms with E-state index in [-0.39, 0.29) is 31.2 Å². The maximum atomic E-state index is 12.3. The van der Waals surface area contributed by atoms with Gasteiger partial charge in [-0.2, -0.15) is 0 Å². The second kappa shape index (κ2) is 7.03. The van der Waals surface area contributed by atoms with Crippen LogP contribution in [0.3, 0.4) is 0 Å². The first-order valence-corrected chi connectivity index (χ1v) is 7.57. The number of nitrogens with zero attached hydrogens (tertiary/aromatic N) is 1. The molecule has 1 fully saturated rings. The number of hydrogen-bond donors (Lipinski definition) is 2. The zero-order chi connectivity index (χ0) is 16.9. The summed E-state index contributed by atoms with van der Waals surface area (Å²) in [6.07, 6.45) is 3.38. The van der Waals surface area contributed by atoms with Gasteiger partial charge in [0.1, 0.15) is 17.6 Å². The molecule has 0 spiro atoms. The van der Waals surface area contributed by atoms with E-state index in [1.165, 1.54) is 12.5 Å². The highest BCUT2D eigenvalue weighted by molar-refractivity contribution is 6.04. The molecule has 24 heavy (non-hydrogen) atoms. The molecular formula is C16H17N3O5. The quantitative estimate of drug-likeness (QED) is 0.746. The number of hydrogen-bond acceptors (Lipinski definition) is 5. The van der Waals surface area contributed by atoms with Crippen LogP contribution < -0.4 is 10.6 Å². The normalized spacial score (nSPS) is 17.2. The summed E-state index contributed by atoms with van der Waals surface area (Å²) in [6.45, 7) is 0.375. The highest BCUT2D eigenvalue weighted by Crippen LogP contribution is 2.15. The van der Waals surface area contributed by atoms with E-state index in [1.807, 2.05) is 0 Å². The van der Waals surface area contributed by atoms with Crippen LogP contribution in [0.4, 0.5) is 4.79 Å². The molecule has 0 saturated carbocycles. The number of urea groups is 1. The average molecular weight is 331 g/mol. The number of furan rings is 2. The third-order valence-corrected chi connectivity index (χ3v) is 3.70. The van der Waals surface area contributed by atoms with Crippen LogP contribution >= 0.6 is 0 Å². The van der Waals surface area contributed by atoms with Crippen LogP contribution in [0.5, 0.6) is 0 Å². The summed E-state index contributed by atoms with van der Waals surface area (Å²) < 4.78 is 10.3. The summed E-state index contributed by atoms with van der Waals surface area (Å²) in [5.41, 5.74) is 0. The summed E-state index contributed by atoms with van der Waals surface area (Å²) in [4.78, 5) is 37.0. The molecule has 0 aromatic carbocycles. The number of amides is 4. The van der Waals surface area contributed by atoms with Crippen LogP contribution in [0, 0.1) is 0 Å². The minimum absolute atomic E-state index is 0.0822. The lowest BCUT2D eigenvalue weighted by Crippen LogP contribution is -2.32. The molecule has 8 heteroatoms. The number of carbonyl (C=O) groups excluding carboxylic acids is 3. The van der Waals surface area contributed by atoms with Crippen LogP contribution in [-0.2, 0) is 22.7 Å². The molecule has 0 bridgehead atoms. The first kappa shape index (κ1) is 15.9. The van der Waals surface area contributed by atoms with Gasteiger partial charge in [0.25, 0.3) is 5.91 Å². The van der Waals surface area contributed by atoms with Crippen LogP contribution in [0.25, 0.3) is 0 Å². The zero-order valence-corrected chi connectivity index (χ0v) is 12.9.